The van der Waals surface area contributed by atoms with Gasteiger partial charge in [0.1, 0.15) is 0 Å². The summed E-state index contributed by atoms with van der Waals surface area (Å²) in [5.74, 6) is 0.890. The van der Waals surface area contributed by atoms with Gasteiger partial charge in [-0.25, -0.2) is 4.79 Å². The lowest BCUT2D eigenvalue weighted by Gasteiger charge is -2.19. The van der Waals surface area contributed by atoms with Crippen molar-refractivity contribution in [3.05, 3.63) is 10.4 Å². The molecule has 0 aliphatic heterocycles. The van der Waals surface area contributed by atoms with Crippen LogP contribution in [-0.4, -0.2) is 25.8 Å². The van der Waals surface area contributed by atoms with Gasteiger partial charge in [0, 0.05) is 11.5 Å². The molecule has 1 saturated carbocycles. The van der Waals surface area contributed by atoms with Crippen molar-refractivity contribution >= 4 is 6.09 Å². The smallest absolute Gasteiger partial charge is 0.407 e. The summed E-state index contributed by atoms with van der Waals surface area (Å²) in [6.45, 7) is 0.983. The van der Waals surface area contributed by atoms with Gasteiger partial charge in [0.15, 0.2) is 0 Å². The number of amides is 1. The number of hydrogen-bond donors (Lipinski definition) is 1. The molecule has 0 bridgehead atoms. The molecule has 0 saturated heterocycles. The maximum Gasteiger partial charge on any atom is 0.407 e. The molecule has 0 heterocycles. The van der Waals surface area contributed by atoms with E-state index in [0.717, 1.165) is 12.3 Å². The van der Waals surface area contributed by atoms with Gasteiger partial charge in [-0.05, 0) is 17.9 Å². The third-order valence-electron chi connectivity index (χ3n) is 4.02. The Balaban J connectivity index is 1.95. The van der Waals surface area contributed by atoms with Crippen molar-refractivity contribution < 1.29 is 9.53 Å². The van der Waals surface area contributed by atoms with Gasteiger partial charge in [0.05, 0.1) is 13.2 Å². The highest BCUT2D eigenvalue weighted by Gasteiger charge is 2.10. The molecule has 0 aromatic rings. The quantitative estimate of drug-likeness (QED) is 0.308. The van der Waals surface area contributed by atoms with Gasteiger partial charge in [-0.2, -0.15) is 0 Å². The highest BCUT2D eigenvalue weighted by molar-refractivity contribution is 5.66. The molecule has 0 spiro atoms. The van der Waals surface area contributed by atoms with Gasteiger partial charge in [-0.3, -0.25) is 0 Å². The lowest BCUT2D eigenvalue weighted by molar-refractivity contribution is 0.149. The number of nitrogens with zero attached hydrogens (tertiary/aromatic N) is 3. The third kappa shape index (κ3) is 10.0. The molecule has 1 aliphatic carbocycles. The van der Waals surface area contributed by atoms with Crippen LogP contribution in [0.15, 0.2) is 5.11 Å². The van der Waals surface area contributed by atoms with E-state index < -0.39 is 6.09 Å². The average molecular weight is 296 g/mol. The second-order valence-electron chi connectivity index (χ2n) is 5.72. The van der Waals surface area contributed by atoms with Crippen LogP contribution in [0.5, 0.6) is 0 Å². The van der Waals surface area contributed by atoms with Gasteiger partial charge in [-0.15, -0.1) is 0 Å². The minimum atomic E-state index is -0.422. The predicted molar refractivity (Wildman–Crippen MR) is 83.0 cm³/mol. The number of carbonyl (C=O) groups is 1. The summed E-state index contributed by atoms with van der Waals surface area (Å²) in [6.07, 6.45) is 12.8. The van der Waals surface area contributed by atoms with E-state index in [4.69, 9.17) is 10.3 Å². The molecule has 21 heavy (non-hydrogen) atoms. The third-order valence-corrected chi connectivity index (χ3v) is 4.02. The Morgan fingerprint density at radius 1 is 1.19 bits per heavy atom. The van der Waals surface area contributed by atoms with Crippen LogP contribution in [0, 0.1) is 5.92 Å². The second kappa shape index (κ2) is 12.3. The van der Waals surface area contributed by atoms with Crippen molar-refractivity contribution in [3.63, 3.8) is 0 Å². The van der Waals surface area contributed by atoms with E-state index in [2.05, 4.69) is 15.3 Å². The van der Waals surface area contributed by atoms with Crippen LogP contribution in [0.2, 0.25) is 0 Å². The fraction of sp³-hybridized carbons (Fsp3) is 0.933. The number of unbranched alkanes of at least 4 members (excludes halogenated alkanes) is 1. The molecule has 120 valence electrons. The first-order valence-electron chi connectivity index (χ1n) is 8.24. The monoisotopic (exact) mass is 296 g/mol. The Morgan fingerprint density at radius 2 is 1.90 bits per heavy atom. The maximum atomic E-state index is 11.3. The number of alkyl carbamates (subject to hydrolysis) is 1. The van der Waals surface area contributed by atoms with Crippen molar-refractivity contribution in [3.8, 4) is 0 Å². The van der Waals surface area contributed by atoms with Crippen molar-refractivity contribution in [1.82, 2.24) is 5.32 Å². The Bertz CT molecular complexity index is 322. The lowest BCUT2D eigenvalue weighted by Crippen LogP contribution is -2.26. The summed E-state index contributed by atoms with van der Waals surface area (Å²) < 4.78 is 4.86. The fourth-order valence-corrected chi connectivity index (χ4v) is 2.85. The molecular weight excluding hydrogens is 268 g/mol. The maximum absolute atomic E-state index is 11.3. The standard InChI is InChI=1S/C15H28N4O2/c16-19-18-12-13-21-15(20)17-11-7-6-10-14-8-4-2-1-3-5-9-14/h14H,1-13H2,(H,17,20). The zero-order valence-corrected chi connectivity index (χ0v) is 12.9. The van der Waals surface area contributed by atoms with Gasteiger partial charge in [0.2, 0.25) is 0 Å². The van der Waals surface area contributed by atoms with Crippen LogP contribution >= 0.6 is 0 Å². The van der Waals surface area contributed by atoms with Crippen LogP contribution in [0.1, 0.15) is 64.2 Å². The van der Waals surface area contributed by atoms with Crippen molar-refractivity contribution in [1.29, 1.82) is 0 Å². The molecule has 0 aromatic carbocycles. The fourth-order valence-electron chi connectivity index (χ4n) is 2.85. The van der Waals surface area contributed by atoms with Crippen LogP contribution in [-0.2, 0) is 4.74 Å². The predicted octanol–water partition coefficient (Wildman–Crippen LogP) is 4.55. The zero-order valence-electron chi connectivity index (χ0n) is 12.9. The molecule has 1 amide bonds. The van der Waals surface area contributed by atoms with Crippen molar-refractivity contribution in [2.45, 2.75) is 64.2 Å². The normalized spacial score (nSPS) is 16.4. The van der Waals surface area contributed by atoms with Crippen LogP contribution in [0.4, 0.5) is 4.79 Å². The van der Waals surface area contributed by atoms with Crippen molar-refractivity contribution in [2.24, 2.45) is 11.0 Å². The molecule has 1 N–H and O–H groups in total. The average Bonchev–Trinajstić information content (AvgIpc) is 2.45. The number of rotatable bonds is 8. The minimum absolute atomic E-state index is 0.137. The first-order valence-corrected chi connectivity index (χ1v) is 8.24. The van der Waals surface area contributed by atoms with Crippen LogP contribution in [0.3, 0.4) is 0 Å². The molecule has 1 fully saturated rings. The van der Waals surface area contributed by atoms with Gasteiger partial charge >= 0.3 is 6.09 Å². The number of carbonyl (C=O) groups excluding carboxylic acids is 1. The molecule has 0 aromatic heterocycles. The second-order valence-corrected chi connectivity index (χ2v) is 5.72. The topological polar surface area (TPSA) is 87.1 Å². The minimum Gasteiger partial charge on any atom is -0.449 e. The van der Waals surface area contributed by atoms with Gasteiger partial charge in [-0.1, -0.05) is 62.9 Å². The number of azide groups is 1. The first kappa shape index (κ1) is 17.6. The largest absolute Gasteiger partial charge is 0.449 e. The summed E-state index contributed by atoms with van der Waals surface area (Å²) in [4.78, 5) is 13.9. The molecule has 0 atom stereocenters. The van der Waals surface area contributed by atoms with Crippen LogP contribution < -0.4 is 5.32 Å². The summed E-state index contributed by atoms with van der Waals surface area (Å²) >= 11 is 0. The van der Waals surface area contributed by atoms with E-state index >= 15 is 0 Å². The summed E-state index contributed by atoms with van der Waals surface area (Å²) in [5.41, 5.74) is 8.07. The Hall–Kier alpha value is -1.42. The SMILES string of the molecule is [N-]=[N+]=NCCOC(=O)NCCCCC1CCCCCCC1. The lowest BCUT2D eigenvalue weighted by atomic mass is 9.88. The van der Waals surface area contributed by atoms with E-state index in [-0.39, 0.29) is 13.2 Å². The van der Waals surface area contributed by atoms with E-state index in [1.807, 2.05) is 0 Å². The van der Waals surface area contributed by atoms with E-state index in [9.17, 15) is 4.79 Å². The number of ether oxygens (including phenoxy) is 1. The highest BCUT2D eigenvalue weighted by Crippen LogP contribution is 2.26. The summed E-state index contributed by atoms with van der Waals surface area (Å²) in [5, 5.41) is 6.02. The summed E-state index contributed by atoms with van der Waals surface area (Å²) in [6, 6.07) is 0. The Kier molecular flexibility index (Phi) is 10.4. The summed E-state index contributed by atoms with van der Waals surface area (Å²) in [7, 11) is 0. The van der Waals surface area contributed by atoms with E-state index in [0.29, 0.717) is 6.54 Å². The van der Waals surface area contributed by atoms with E-state index in [1.54, 1.807) is 0 Å². The van der Waals surface area contributed by atoms with Gasteiger partial charge in [0.25, 0.3) is 0 Å². The highest BCUT2D eigenvalue weighted by atomic mass is 16.5. The van der Waals surface area contributed by atoms with E-state index in [1.165, 1.54) is 57.8 Å². The van der Waals surface area contributed by atoms with Crippen LogP contribution in [0.25, 0.3) is 10.4 Å². The zero-order chi connectivity index (χ0) is 15.2. The Labute approximate surface area is 127 Å². The molecule has 6 heteroatoms. The molecule has 0 radical (unpaired) electrons. The molecular formula is C15H28N4O2. The van der Waals surface area contributed by atoms with Crippen molar-refractivity contribution in [2.75, 3.05) is 19.7 Å². The van der Waals surface area contributed by atoms with Gasteiger partial charge < -0.3 is 10.1 Å². The molecule has 1 aliphatic rings. The Morgan fingerprint density at radius 3 is 2.62 bits per heavy atom. The molecule has 0 unspecified atom stereocenters. The first-order chi connectivity index (χ1) is 10.3. The number of nitrogens with one attached hydrogen (secondary N) is 1. The number of hydrogen-bond acceptors (Lipinski definition) is 3. The molecule has 1 rings (SSSR count). The molecule has 6 nitrogen and oxygen atoms in total.